The first-order chi connectivity index (χ1) is 21.3. The third-order valence-electron chi connectivity index (χ3n) is 6.65. The molecule has 8 nitrogen and oxygen atoms in total. The molecule has 44 heavy (non-hydrogen) atoms. The van der Waals surface area contributed by atoms with Crippen molar-refractivity contribution >= 4 is 28.1 Å². The average molecular weight is 661 g/mol. The number of hydrogen-bond donors (Lipinski definition) is 1. The van der Waals surface area contributed by atoms with E-state index in [4.69, 9.17) is 18.6 Å². The molecular formula is C34H31BrFN3O5. The van der Waals surface area contributed by atoms with Gasteiger partial charge in [0.1, 0.15) is 30.5 Å². The molecule has 0 bridgehead atoms. The summed E-state index contributed by atoms with van der Waals surface area (Å²) in [4.78, 5) is 12.6. The van der Waals surface area contributed by atoms with E-state index in [9.17, 15) is 9.18 Å². The molecule has 5 aromatic rings. The lowest BCUT2D eigenvalue weighted by atomic mass is 10.2. The molecule has 0 aliphatic rings. The summed E-state index contributed by atoms with van der Waals surface area (Å²) in [5.41, 5.74) is 7.19. The maximum Gasteiger partial charge on any atom is 0.307 e. The van der Waals surface area contributed by atoms with Crippen molar-refractivity contribution in [2.75, 3.05) is 6.61 Å². The molecule has 0 radical (unpaired) electrons. The second-order valence-corrected chi connectivity index (χ2v) is 10.7. The third kappa shape index (κ3) is 7.57. The zero-order chi connectivity index (χ0) is 31.1. The van der Waals surface area contributed by atoms with E-state index in [-0.39, 0.29) is 24.8 Å². The number of nitrogens with zero attached hydrogens (tertiary/aromatic N) is 2. The van der Waals surface area contributed by atoms with Gasteiger partial charge in [0.25, 0.3) is 0 Å². The Labute approximate surface area is 263 Å². The number of aromatic nitrogens is 1. The Bertz CT molecular complexity index is 1760. The van der Waals surface area contributed by atoms with E-state index in [0.717, 1.165) is 17.1 Å². The van der Waals surface area contributed by atoms with Crippen LogP contribution in [0.1, 0.15) is 45.8 Å². The first-order valence-corrected chi connectivity index (χ1v) is 14.7. The van der Waals surface area contributed by atoms with E-state index < -0.39 is 5.91 Å². The summed E-state index contributed by atoms with van der Waals surface area (Å²) in [6.07, 6.45) is 1.48. The molecule has 0 aliphatic carbocycles. The van der Waals surface area contributed by atoms with E-state index >= 15 is 0 Å². The van der Waals surface area contributed by atoms with Gasteiger partial charge in [0.05, 0.1) is 12.8 Å². The zero-order valence-electron chi connectivity index (χ0n) is 24.5. The smallest absolute Gasteiger partial charge is 0.307 e. The van der Waals surface area contributed by atoms with Gasteiger partial charge >= 0.3 is 5.91 Å². The van der Waals surface area contributed by atoms with Gasteiger partial charge in [-0.15, -0.1) is 0 Å². The number of amides is 1. The summed E-state index contributed by atoms with van der Waals surface area (Å²) in [7, 11) is 0. The van der Waals surface area contributed by atoms with Crippen LogP contribution >= 0.6 is 15.9 Å². The summed E-state index contributed by atoms with van der Waals surface area (Å²) in [6, 6.07) is 24.9. The van der Waals surface area contributed by atoms with E-state index in [0.29, 0.717) is 45.2 Å². The Hall–Kier alpha value is -4.83. The largest absolute Gasteiger partial charge is 0.490 e. The Morgan fingerprint density at radius 2 is 1.68 bits per heavy atom. The lowest BCUT2D eigenvalue weighted by molar-refractivity contribution is 0.0923. The van der Waals surface area contributed by atoms with Gasteiger partial charge < -0.3 is 23.2 Å². The van der Waals surface area contributed by atoms with Crippen LogP contribution in [0.4, 0.5) is 4.39 Å². The average Bonchev–Trinajstić information content (AvgIpc) is 3.63. The molecule has 2 heterocycles. The van der Waals surface area contributed by atoms with Crippen LogP contribution < -0.4 is 19.6 Å². The van der Waals surface area contributed by atoms with Crippen molar-refractivity contribution in [3.63, 3.8) is 0 Å². The quantitative estimate of drug-likeness (QED) is 0.109. The normalized spacial score (nSPS) is 11.1. The molecule has 226 valence electrons. The van der Waals surface area contributed by atoms with Crippen molar-refractivity contribution < 1.29 is 27.8 Å². The number of hydrazone groups is 1. The molecule has 0 saturated heterocycles. The number of ether oxygens (including phenoxy) is 3. The molecule has 10 heteroatoms. The molecule has 3 aromatic carbocycles. The van der Waals surface area contributed by atoms with Crippen molar-refractivity contribution in [3.05, 3.63) is 129 Å². The van der Waals surface area contributed by atoms with Crippen LogP contribution in [0.15, 0.2) is 98.9 Å². The van der Waals surface area contributed by atoms with E-state index in [1.54, 1.807) is 36.4 Å². The predicted octanol–water partition coefficient (Wildman–Crippen LogP) is 7.91. The molecule has 5 rings (SSSR count). The number of aryl methyl sites for hydroxylation is 2. The second kappa shape index (κ2) is 14.1. The Morgan fingerprint density at radius 3 is 2.41 bits per heavy atom. The minimum atomic E-state index is -0.509. The van der Waals surface area contributed by atoms with Crippen LogP contribution in [-0.4, -0.2) is 23.3 Å². The number of benzene rings is 3. The lowest BCUT2D eigenvalue weighted by Crippen LogP contribution is -2.16. The first-order valence-electron chi connectivity index (χ1n) is 13.9. The highest BCUT2D eigenvalue weighted by molar-refractivity contribution is 9.10. The van der Waals surface area contributed by atoms with Gasteiger partial charge in [-0.2, -0.15) is 5.10 Å². The van der Waals surface area contributed by atoms with Crippen molar-refractivity contribution in [1.82, 2.24) is 9.99 Å². The van der Waals surface area contributed by atoms with Crippen LogP contribution in [0.5, 0.6) is 17.2 Å². The number of carbonyl (C=O) groups is 1. The third-order valence-corrected chi connectivity index (χ3v) is 7.34. The van der Waals surface area contributed by atoms with E-state index in [2.05, 4.69) is 57.0 Å². The summed E-state index contributed by atoms with van der Waals surface area (Å²) < 4.78 is 39.5. The van der Waals surface area contributed by atoms with Gasteiger partial charge in [0.15, 0.2) is 17.3 Å². The van der Waals surface area contributed by atoms with Gasteiger partial charge in [-0.1, -0.05) is 12.1 Å². The monoisotopic (exact) mass is 659 g/mol. The molecule has 1 amide bonds. The first kappa shape index (κ1) is 30.6. The fourth-order valence-corrected chi connectivity index (χ4v) is 4.96. The van der Waals surface area contributed by atoms with Crippen molar-refractivity contribution in [2.24, 2.45) is 5.10 Å². The van der Waals surface area contributed by atoms with Crippen molar-refractivity contribution in [3.8, 4) is 22.9 Å². The maximum atomic E-state index is 13.5. The molecule has 1 N–H and O–H groups in total. The highest BCUT2D eigenvalue weighted by Crippen LogP contribution is 2.34. The van der Waals surface area contributed by atoms with Crippen LogP contribution in [-0.2, 0) is 13.2 Å². The molecular weight excluding hydrogens is 629 g/mol. The van der Waals surface area contributed by atoms with Gasteiger partial charge in [-0.25, -0.2) is 9.82 Å². The van der Waals surface area contributed by atoms with Crippen LogP contribution in [0.3, 0.4) is 0 Å². The van der Waals surface area contributed by atoms with Crippen LogP contribution in [0.2, 0.25) is 0 Å². The number of halogens is 2. The van der Waals surface area contributed by atoms with Gasteiger partial charge in [-0.05, 0) is 115 Å². The van der Waals surface area contributed by atoms with E-state index in [1.807, 2.05) is 31.2 Å². The van der Waals surface area contributed by atoms with Crippen LogP contribution in [0, 0.1) is 19.7 Å². The molecule has 0 fully saturated rings. The molecule has 0 aliphatic heterocycles. The summed E-state index contributed by atoms with van der Waals surface area (Å²) in [6.45, 7) is 6.74. The number of nitrogens with one attached hydrogen (secondary N) is 1. The van der Waals surface area contributed by atoms with E-state index in [1.165, 1.54) is 18.3 Å². The predicted molar refractivity (Wildman–Crippen MR) is 169 cm³/mol. The molecule has 0 atom stereocenters. The standard InChI is InChI=1S/C34H31BrFN3O5/c1-4-41-32-17-25(30(35)18-33(32)43-20-24-6-5-7-26(36)16-24)19-37-38-34(40)31-15-14-29(44-31)21-42-28-12-10-27(11-13-28)39-22(2)8-9-23(39)3/h5-19H,4,20-21H2,1-3H3,(H,38,40)/b37-19+. The molecule has 2 aromatic heterocycles. The van der Waals surface area contributed by atoms with Crippen molar-refractivity contribution in [2.45, 2.75) is 34.0 Å². The number of carbonyl (C=O) groups excluding carboxylic acids is 1. The lowest BCUT2D eigenvalue weighted by Gasteiger charge is -2.14. The highest BCUT2D eigenvalue weighted by atomic mass is 79.9. The maximum absolute atomic E-state index is 13.5. The van der Waals surface area contributed by atoms with Crippen molar-refractivity contribution in [1.29, 1.82) is 0 Å². The second-order valence-electron chi connectivity index (χ2n) is 9.87. The van der Waals surface area contributed by atoms with Gasteiger partial charge in [-0.3, -0.25) is 4.79 Å². The number of hydrogen-bond acceptors (Lipinski definition) is 6. The summed E-state index contributed by atoms with van der Waals surface area (Å²) in [5, 5.41) is 4.07. The minimum Gasteiger partial charge on any atom is -0.490 e. The number of furan rings is 1. The minimum absolute atomic E-state index is 0.102. The zero-order valence-corrected chi connectivity index (χ0v) is 26.1. The Morgan fingerprint density at radius 1 is 0.932 bits per heavy atom. The molecule has 0 spiro atoms. The Balaban J connectivity index is 1.16. The topological polar surface area (TPSA) is 87.2 Å². The van der Waals surface area contributed by atoms with Gasteiger partial charge in [0.2, 0.25) is 0 Å². The van der Waals surface area contributed by atoms with Crippen LogP contribution in [0.25, 0.3) is 5.69 Å². The summed E-state index contributed by atoms with van der Waals surface area (Å²) in [5.74, 6) is 1.42. The fourth-order valence-electron chi connectivity index (χ4n) is 4.53. The molecule has 0 unspecified atom stereocenters. The molecule has 0 saturated carbocycles. The fraction of sp³-hybridized carbons (Fsp3) is 0.176. The highest BCUT2D eigenvalue weighted by Gasteiger charge is 2.13. The van der Waals surface area contributed by atoms with Gasteiger partial charge in [0, 0.05) is 27.1 Å². The Kier molecular flexibility index (Phi) is 9.81. The number of rotatable bonds is 12. The SMILES string of the molecule is CCOc1cc(/C=N/NC(=O)c2ccc(COc3ccc(-n4c(C)ccc4C)cc3)o2)c(Br)cc1OCc1cccc(F)c1. The summed E-state index contributed by atoms with van der Waals surface area (Å²) >= 11 is 3.51.